The summed E-state index contributed by atoms with van der Waals surface area (Å²) in [5, 5.41) is 5.24. The highest BCUT2D eigenvalue weighted by atomic mass is 16.2. The third-order valence-corrected chi connectivity index (χ3v) is 3.23. The smallest absolute Gasteiger partial charge is 0.220 e. The van der Waals surface area contributed by atoms with Crippen LogP contribution in [0.5, 0.6) is 0 Å². The Kier molecular flexibility index (Phi) is 6.59. The van der Waals surface area contributed by atoms with E-state index in [4.69, 9.17) is 0 Å². The standard InChI is InChI=1S/C16H22N2O3/c1-11-4-5-14(10-12(11)2)15(20)6-7-16(21)18-9-8-17-13(3)19/h4-5,10H,6-9H2,1-3H3,(H,17,19)(H,18,21). The summed E-state index contributed by atoms with van der Waals surface area (Å²) < 4.78 is 0. The van der Waals surface area contributed by atoms with Gasteiger partial charge in [-0.15, -0.1) is 0 Å². The first-order valence-corrected chi connectivity index (χ1v) is 7.01. The van der Waals surface area contributed by atoms with Crippen molar-refractivity contribution in [1.82, 2.24) is 10.6 Å². The van der Waals surface area contributed by atoms with Crippen molar-refractivity contribution >= 4 is 17.6 Å². The van der Waals surface area contributed by atoms with Crippen LogP contribution in [0, 0.1) is 13.8 Å². The van der Waals surface area contributed by atoms with Crippen molar-refractivity contribution in [3.05, 3.63) is 34.9 Å². The number of nitrogens with one attached hydrogen (secondary N) is 2. The molecule has 0 saturated heterocycles. The average molecular weight is 290 g/mol. The Morgan fingerprint density at radius 2 is 1.62 bits per heavy atom. The minimum atomic E-state index is -0.183. The van der Waals surface area contributed by atoms with Crippen molar-refractivity contribution in [3.63, 3.8) is 0 Å². The van der Waals surface area contributed by atoms with Crippen LogP contribution in [-0.4, -0.2) is 30.7 Å². The van der Waals surface area contributed by atoms with E-state index in [2.05, 4.69) is 10.6 Å². The summed E-state index contributed by atoms with van der Waals surface area (Å²) in [6.45, 7) is 6.14. The van der Waals surface area contributed by atoms with Crippen molar-refractivity contribution in [2.45, 2.75) is 33.6 Å². The molecule has 0 aromatic heterocycles. The molecule has 0 aliphatic rings. The molecule has 1 rings (SSSR count). The molecule has 0 aliphatic heterocycles. The van der Waals surface area contributed by atoms with Crippen LogP contribution in [0.25, 0.3) is 0 Å². The Hall–Kier alpha value is -2.17. The summed E-state index contributed by atoms with van der Waals surface area (Å²) in [4.78, 5) is 34.2. The van der Waals surface area contributed by atoms with E-state index < -0.39 is 0 Å². The van der Waals surface area contributed by atoms with Crippen molar-refractivity contribution in [2.75, 3.05) is 13.1 Å². The molecule has 0 fully saturated rings. The topological polar surface area (TPSA) is 75.3 Å². The Bertz CT molecular complexity index is 538. The van der Waals surface area contributed by atoms with Crippen molar-refractivity contribution < 1.29 is 14.4 Å². The largest absolute Gasteiger partial charge is 0.355 e. The predicted molar refractivity (Wildman–Crippen MR) is 81.2 cm³/mol. The maximum Gasteiger partial charge on any atom is 0.220 e. The van der Waals surface area contributed by atoms with Gasteiger partial charge in [0.25, 0.3) is 0 Å². The number of aryl methyl sites for hydroxylation is 2. The van der Waals surface area contributed by atoms with Crippen LogP contribution in [0.4, 0.5) is 0 Å². The summed E-state index contributed by atoms with van der Waals surface area (Å²) in [6, 6.07) is 5.56. The molecular formula is C16H22N2O3. The molecule has 2 N–H and O–H groups in total. The number of benzene rings is 1. The van der Waals surface area contributed by atoms with Gasteiger partial charge in [0.1, 0.15) is 0 Å². The first-order valence-electron chi connectivity index (χ1n) is 7.01. The number of carbonyl (C=O) groups is 3. The average Bonchev–Trinajstić information content (AvgIpc) is 2.43. The molecule has 0 bridgehead atoms. The maximum atomic E-state index is 12.0. The zero-order valence-corrected chi connectivity index (χ0v) is 12.8. The van der Waals surface area contributed by atoms with Gasteiger partial charge in [0, 0.05) is 38.4 Å². The second-order valence-corrected chi connectivity index (χ2v) is 5.06. The number of ketones is 1. The molecule has 2 amide bonds. The normalized spacial score (nSPS) is 10.0. The first kappa shape index (κ1) is 16.9. The summed E-state index contributed by atoms with van der Waals surface area (Å²) in [7, 11) is 0. The van der Waals surface area contributed by atoms with E-state index in [1.54, 1.807) is 6.07 Å². The van der Waals surface area contributed by atoms with Gasteiger partial charge in [-0.05, 0) is 31.0 Å². The molecule has 0 saturated carbocycles. The maximum absolute atomic E-state index is 12.0. The van der Waals surface area contributed by atoms with Crippen molar-refractivity contribution in [3.8, 4) is 0 Å². The van der Waals surface area contributed by atoms with E-state index in [0.717, 1.165) is 11.1 Å². The molecule has 0 aliphatic carbocycles. The number of carbonyl (C=O) groups excluding carboxylic acids is 3. The third-order valence-electron chi connectivity index (χ3n) is 3.23. The van der Waals surface area contributed by atoms with Crippen LogP contribution in [0.1, 0.15) is 41.3 Å². The highest BCUT2D eigenvalue weighted by Crippen LogP contribution is 2.12. The fraction of sp³-hybridized carbons (Fsp3) is 0.438. The molecule has 114 valence electrons. The van der Waals surface area contributed by atoms with Crippen LogP contribution >= 0.6 is 0 Å². The number of hydrogen-bond donors (Lipinski definition) is 2. The molecule has 0 radical (unpaired) electrons. The van der Waals surface area contributed by atoms with Gasteiger partial charge in [-0.1, -0.05) is 12.1 Å². The fourth-order valence-corrected chi connectivity index (χ4v) is 1.82. The Morgan fingerprint density at radius 1 is 0.952 bits per heavy atom. The molecule has 0 spiro atoms. The molecule has 5 nitrogen and oxygen atoms in total. The second kappa shape index (κ2) is 8.19. The van der Waals surface area contributed by atoms with Gasteiger partial charge in [-0.2, -0.15) is 0 Å². The summed E-state index contributed by atoms with van der Waals surface area (Å²) >= 11 is 0. The fourth-order valence-electron chi connectivity index (χ4n) is 1.82. The molecular weight excluding hydrogens is 268 g/mol. The lowest BCUT2D eigenvalue weighted by Crippen LogP contribution is -2.33. The van der Waals surface area contributed by atoms with Crippen LogP contribution in [0.2, 0.25) is 0 Å². The lowest BCUT2D eigenvalue weighted by molar-refractivity contribution is -0.122. The molecule has 0 atom stereocenters. The number of rotatable bonds is 7. The molecule has 1 aromatic rings. The van der Waals surface area contributed by atoms with E-state index in [0.29, 0.717) is 18.7 Å². The van der Waals surface area contributed by atoms with Gasteiger partial charge >= 0.3 is 0 Å². The zero-order chi connectivity index (χ0) is 15.8. The molecule has 5 heteroatoms. The van der Waals surface area contributed by atoms with E-state index in [1.807, 2.05) is 26.0 Å². The van der Waals surface area contributed by atoms with Crippen LogP contribution in [0.15, 0.2) is 18.2 Å². The van der Waals surface area contributed by atoms with Crippen molar-refractivity contribution in [2.24, 2.45) is 0 Å². The lowest BCUT2D eigenvalue weighted by Gasteiger charge is -2.06. The Labute approximate surface area is 125 Å². The minimum Gasteiger partial charge on any atom is -0.355 e. The first-order chi connectivity index (χ1) is 9.90. The quantitative estimate of drug-likeness (QED) is 0.590. The highest BCUT2D eigenvalue weighted by molar-refractivity contribution is 5.98. The Balaban J connectivity index is 2.33. The number of amides is 2. The summed E-state index contributed by atoms with van der Waals surface area (Å²) in [5.74, 6) is -0.346. The van der Waals surface area contributed by atoms with Crippen molar-refractivity contribution in [1.29, 1.82) is 0 Å². The molecule has 0 heterocycles. The van der Waals surface area contributed by atoms with Crippen LogP contribution in [0.3, 0.4) is 0 Å². The minimum absolute atomic E-state index is 0.0323. The van der Waals surface area contributed by atoms with Gasteiger partial charge in [0.05, 0.1) is 0 Å². The van der Waals surface area contributed by atoms with Gasteiger partial charge in [0.2, 0.25) is 11.8 Å². The molecule has 21 heavy (non-hydrogen) atoms. The van der Waals surface area contributed by atoms with Gasteiger partial charge in [0.15, 0.2) is 5.78 Å². The van der Waals surface area contributed by atoms with Gasteiger partial charge in [-0.25, -0.2) is 0 Å². The monoisotopic (exact) mass is 290 g/mol. The summed E-state index contributed by atoms with van der Waals surface area (Å²) in [5.41, 5.74) is 2.85. The van der Waals surface area contributed by atoms with Crippen LogP contribution in [-0.2, 0) is 9.59 Å². The van der Waals surface area contributed by atoms with Crippen LogP contribution < -0.4 is 10.6 Å². The SMILES string of the molecule is CC(=O)NCCNC(=O)CCC(=O)c1ccc(C)c(C)c1. The number of Topliss-reactive ketones (excluding diaryl/α,β-unsaturated/α-hetero) is 1. The lowest BCUT2D eigenvalue weighted by atomic mass is 10.0. The van der Waals surface area contributed by atoms with Gasteiger partial charge in [-0.3, -0.25) is 14.4 Å². The summed E-state index contributed by atoms with van der Waals surface area (Å²) in [6.07, 6.45) is 0.348. The number of hydrogen-bond acceptors (Lipinski definition) is 3. The van der Waals surface area contributed by atoms with E-state index in [1.165, 1.54) is 6.92 Å². The predicted octanol–water partition coefficient (Wildman–Crippen LogP) is 1.52. The van der Waals surface area contributed by atoms with E-state index in [9.17, 15) is 14.4 Å². The highest BCUT2D eigenvalue weighted by Gasteiger charge is 2.09. The molecule has 0 unspecified atom stereocenters. The zero-order valence-electron chi connectivity index (χ0n) is 12.8. The van der Waals surface area contributed by atoms with E-state index >= 15 is 0 Å². The second-order valence-electron chi connectivity index (χ2n) is 5.06. The van der Waals surface area contributed by atoms with E-state index in [-0.39, 0.29) is 30.4 Å². The Morgan fingerprint density at radius 3 is 2.24 bits per heavy atom. The van der Waals surface area contributed by atoms with Gasteiger partial charge < -0.3 is 10.6 Å². The molecule has 1 aromatic carbocycles. The third kappa shape index (κ3) is 6.21.